The van der Waals surface area contributed by atoms with Crippen molar-refractivity contribution in [1.82, 2.24) is 0 Å². The smallest absolute Gasteiger partial charge is 0.0108 e. The Kier molecular flexibility index (Phi) is 5.11. The molecule has 0 nitrogen and oxygen atoms in total. The fraction of sp³-hybridized carbons (Fsp3) is 0.700. The van der Waals surface area contributed by atoms with Gasteiger partial charge in [-0.1, -0.05) is 92.1 Å². The summed E-state index contributed by atoms with van der Waals surface area (Å²) >= 11 is 0. The van der Waals surface area contributed by atoms with Gasteiger partial charge in [-0.25, -0.2) is 0 Å². The first kappa shape index (κ1) is 17.3. The maximum absolute atomic E-state index is 2.44. The van der Waals surface area contributed by atoms with Crippen molar-refractivity contribution in [2.24, 2.45) is 16.2 Å². The highest BCUT2D eigenvalue weighted by Crippen LogP contribution is 2.51. The molecule has 0 spiro atoms. The van der Waals surface area contributed by atoms with Gasteiger partial charge < -0.3 is 0 Å². The lowest BCUT2D eigenvalue weighted by molar-refractivity contribution is 0.0668. The Morgan fingerprint density at radius 1 is 0.800 bits per heavy atom. The fourth-order valence-corrected chi connectivity index (χ4v) is 2.87. The number of hydrogen-bond acceptors (Lipinski definition) is 0. The van der Waals surface area contributed by atoms with Gasteiger partial charge in [0.1, 0.15) is 0 Å². The van der Waals surface area contributed by atoms with E-state index in [1.807, 2.05) is 0 Å². The molecule has 0 saturated carbocycles. The highest BCUT2D eigenvalue weighted by Gasteiger charge is 2.40. The number of benzene rings is 1. The van der Waals surface area contributed by atoms with Crippen LogP contribution in [0.15, 0.2) is 30.3 Å². The molecule has 1 aromatic carbocycles. The molecule has 20 heavy (non-hydrogen) atoms. The summed E-state index contributed by atoms with van der Waals surface area (Å²) in [5, 5.41) is 0. The van der Waals surface area contributed by atoms with Gasteiger partial charge in [-0.2, -0.15) is 0 Å². The van der Waals surface area contributed by atoms with Crippen molar-refractivity contribution < 1.29 is 0 Å². The fourth-order valence-electron chi connectivity index (χ4n) is 2.87. The lowest BCUT2D eigenvalue weighted by atomic mass is 9.59. The predicted molar refractivity (Wildman–Crippen MR) is 91.1 cm³/mol. The molecule has 0 aliphatic rings. The van der Waals surface area contributed by atoms with Crippen molar-refractivity contribution in [3.05, 3.63) is 35.9 Å². The highest BCUT2D eigenvalue weighted by atomic mass is 14.4. The Morgan fingerprint density at radius 3 is 1.70 bits per heavy atom. The second kappa shape index (κ2) is 5.92. The molecule has 114 valence electrons. The Bertz CT molecular complexity index is 403. The molecule has 0 heteroatoms. The van der Waals surface area contributed by atoms with E-state index in [0.717, 1.165) is 0 Å². The summed E-state index contributed by atoms with van der Waals surface area (Å²) in [6.45, 7) is 19.2. The summed E-state index contributed by atoms with van der Waals surface area (Å²) in [6, 6.07) is 11.1. The molecule has 0 aliphatic carbocycles. The molecule has 0 fully saturated rings. The molecule has 1 aromatic rings. The van der Waals surface area contributed by atoms with Gasteiger partial charge in [-0.3, -0.25) is 0 Å². The Balaban J connectivity index is 3.10. The van der Waals surface area contributed by atoms with Gasteiger partial charge in [0, 0.05) is 0 Å². The topological polar surface area (TPSA) is 0 Å². The minimum atomic E-state index is 0.294. The third-order valence-electron chi connectivity index (χ3n) is 5.68. The molecule has 0 bridgehead atoms. The molecule has 0 aliphatic heterocycles. The highest BCUT2D eigenvalue weighted by molar-refractivity contribution is 5.22. The van der Waals surface area contributed by atoms with Crippen LogP contribution in [0.4, 0.5) is 0 Å². The number of rotatable bonds is 5. The Hall–Kier alpha value is -0.780. The minimum absolute atomic E-state index is 0.294. The maximum Gasteiger partial charge on any atom is -0.0108 e. The van der Waals surface area contributed by atoms with Crippen LogP contribution in [-0.2, 0) is 0 Å². The van der Waals surface area contributed by atoms with Crippen LogP contribution in [0.25, 0.3) is 0 Å². The summed E-state index contributed by atoms with van der Waals surface area (Å²) in [5.74, 6) is 0.601. The second-order valence-electron chi connectivity index (χ2n) is 8.65. The van der Waals surface area contributed by atoms with Crippen LogP contribution in [0, 0.1) is 16.2 Å². The molecule has 1 rings (SSSR count). The normalized spacial score (nSPS) is 15.2. The molecule has 0 radical (unpaired) electrons. The minimum Gasteiger partial charge on any atom is -0.0649 e. The molecular formula is C20H34. The van der Waals surface area contributed by atoms with Crippen molar-refractivity contribution in [3.8, 4) is 0 Å². The van der Waals surface area contributed by atoms with Crippen molar-refractivity contribution in [2.45, 2.75) is 74.1 Å². The van der Waals surface area contributed by atoms with E-state index in [-0.39, 0.29) is 0 Å². The standard InChI is InChI=1S/C20H34/c1-9-19(5,6)20(7,8)15-17(18(2,3)4)16-13-11-10-12-14-16/h10-14,17H,9,15H2,1-8H3. The zero-order valence-corrected chi connectivity index (χ0v) is 14.9. The Labute approximate surface area is 127 Å². The maximum atomic E-state index is 2.44. The summed E-state index contributed by atoms with van der Waals surface area (Å²) < 4.78 is 0. The van der Waals surface area contributed by atoms with Crippen LogP contribution in [0.5, 0.6) is 0 Å². The van der Waals surface area contributed by atoms with E-state index >= 15 is 0 Å². The van der Waals surface area contributed by atoms with Crippen LogP contribution in [0.1, 0.15) is 79.7 Å². The van der Waals surface area contributed by atoms with E-state index in [9.17, 15) is 0 Å². The van der Waals surface area contributed by atoms with Crippen LogP contribution in [0.2, 0.25) is 0 Å². The number of hydrogen-bond donors (Lipinski definition) is 0. The largest absolute Gasteiger partial charge is 0.0649 e. The van der Waals surface area contributed by atoms with Crippen LogP contribution < -0.4 is 0 Å². The average Bonchev–Trinajstić information content (AvgIpc) is 2.35. The van der Waals surface area contributed by atoms with E-state index in [1.165, 1.54) is 18.4 Å². The lowest BCUT2D eigenvalue weighted by Gasteiger charge is -2.46. The molecule has 0 saturated heterocycles. The zero-order valence-electron chi connectivity index (χ0n) is 14.9. The monoisotopic (exact) mass is 274 g/mol. The van der Waals surface area contributed by atoms with Gasteiger partial charge >= 0.3 is 0 Å². The van der Waals surface area contributed by atoms with Crippen molar-refractivity contribution in [1.29, 1.82) is 0 Å². The van der Waals surface area contributed by atoms with Crippen LogP contribution in [0.3, 0.4) is 0 Å². The SMILES string of the molecule is CCC(C)(C)C(C)(C)CC(c1ccccc1)C(C)(C)C. The average molecular weight is 274 g/mol. The van der Waals surface area contributed by atoms with Crippen molar-refractivity contribution in [3.63, 3.8) is 0 Å². The predicted octanol–water partition coefficient (Wildman–Crippen LogP) is 6.67. The first-order chi connectivity index (χ1) is 9.01. The van der Waals surface area contributed by atoms with E-state index < -0.39 is 0 Å². The van der Waals surface area contributed by atoms with Gasteiger partial charge in [-0.15, -0.1) is 0 Å². The van der Waals surface area contributed by atoms with E-state index in [1.54, 1.807) is 0 Å². The van der Waals surface area contributed by atoms with E-state index in [4.69, 9.17) is 0 Å². The van der Waals surface area contributed by atoms with Gasteiger partial charge in [0.15, 0.2) is 0 Å². The van der Waals surface area contributed by atoms with Crippen LogP contribution in [-0.4, -0.2) is 0 Å². The quantitative estimate of drug-likeness (QED) is 0.562. The molecular weight excluding hydrogens is 240 g/mol. The summed E-state index contributed by atoms with van der Waals surface area (Å²) in [5.41, 5.74) is 2.48. The van der Waals surface area contributed by atoms with E-state index in [2.05, 4.69) is 85.7 Å². The lowest BCUT2D eigenvalue weighted by Crippen LogP contribution is -2.36. The second-order valence-corrected chi connectivity index (χ2v) is 8.65. The summed E-state index contributed by atoms with van der Waals surface area (Å²) in [6.07, 6.45) is 2.47. The Morgan fingerprint density at radius 2 is 1.30 bits per heavy atom. The van der Waals surface area contributed by atoms with Gasteiger partial charge in [0.2, 0.25) is 0 Å². The first-order valence-corrected chi connectivity index (χ1v) is 8.06. The van der Waals surface area contributed by atoms with Gasteiger partial charge in [0.05, 0.1) is 0 Å². The van der Waals surface area contributed by atoms with Gasteiger partial charge in [-0.05, 0) is 34.1 Å². The molecule has 0 aromatic heterocycles. The van der Waals surface area contributed by atoms with E-state index in [0.29, 0.717) is 22.2 Å². The third-order valence-corrected chi connectivity index (χ3v) is 5.68. The molecule has 0 N–H and O–H groups in total. The first-order valence-electron chi connectivity index (χ1n) is 8.06. The zero-order chi connectivity index (χ0) is 15.6. The molecule has 1 atom stereocenters. The third kappa shape index (κ3) is 3.87. The van der Waals surface area contributed by atoms with Gasteiger partial charge in [0.25, 0.3) is 0 Å². The van der Waals surface area contributed by atoms with Crippen molar-refractivity contribution in [2.75, 3.05) is 0 Å². The molecule has 0 amide bonds. The van der Waals surface area contributed by atoms with Crippen LogP contribution >= 0.6 is 0 Å². The summed E-state index contributed by atoms with van der Waals surface area (Å²) in [4.78, 5) is 0. The van der Waals surface area contributed by atoms with Crippen molar-refractivity contribution >= 4 is 0 Å². The molecule has 0 heterocycles. The summed E-state index contributed by atoms with van der Waals surface area (Å²) in [7, 11) is 0. The molecule has 1 unspecified atom stereocenters.